The summed E-state index contributed by atoms with van der Waals surface area (Å²) in [5.41, 5.74) is 2.60. The Labute approximate surface area is 172 Å². The molecule has 150 valence electrons. The summed E-state index contributed by atoms with van der Waals surface area (Å²) in [6.45, 7) is 3.70. The first-order chi connectivity index (χ1) is 13.7. The molecule has 9 heteroatoms. The number of nitro benzene ring substituents is 1. The molecule has 1 atom stereocenters. The summed E-state index contributed by atoms with van der Waals surface area (Å²) in [5.74, 6) is -1.05. The van der Waals surface area contributed by atoms with Gasteiger partial charge in [-0.3, -0.25) is 15.0 Å². The lowest BCUT2D eigenvalue weighted by Gasteiger charge is -2.37. The standard InChI is InChI=1S/C20H19N3O5S/c1-11-4-7-14(8-5-11)22-12(2)17(19(25)28-3)18(21-20(22)29)13-6-9-16(24)15(10-13)23(26)27/h4-10,18,24H,1-3H3,(H,21,29)/t18-/m1/s1. The molecular weight excluding hydrogens is 394 g/mol. The minimum absolute atomic E-state index is 0.265. The molecule has 0 bridgehead atoms. The summed E-state index contributed by atoms with van der Waals surface area (Å²) in [6.07, 6.45) is 0. The van der Waals surface area contributed by atoms with E-state index in [0.29, 0.717) is 16.4 Å². The smallest absolute Gasteiger partial charge is 0.337 e. The van der Waals surface area contributed by atoms with Crippen LogP contribution in [0.5, 0.6) is 5.75 Å². The van der Waals surface area contributed by atoms with Crippen molar-refractivity contribution in [2.45, 2.75) is 19.9 Å². The number of nitrogens with one attached hydrogen (secondary N) is 1. The number of benzene rings is 2. The van der Waals surface area contributed by atoms with Crippen LogP contribution in [0.3, 0.4) is 0 Å². The number of rotatable bonds is 4. The van der Waals surface area contributed by atoms with Crippen LogP contribution in [-0.4, -0.2) is 28.2 Å². The molecule has 2 aromatic carbocycles. The van der Waals surface area contributed by atoms with E-state index in [0.717, 1.165) is 11.3 Å². The molecule has 0 radical (unpaired) electrons. The van der Waals surface area contributed by atoms with Crippen molar-refractivity contribution >= 4 is 34.7 Å². The molecule has 0 saturated heterocycles. The van der Waals surface area contributed by atoms with Gasteiger partial charge in [0.1, 0.15) is 0 Å². The second-order valence-corrected chi connectivity index (χ2v) is 6.94. The lowest BCUT2D eigenvalue weighted by Crippen LogP contribution is -2.48. The topological polar surface area (TPSA) is 105 Å². The summed E-state index contributed by atoms with van der Waals surface area (Å²) in [6, 6.07) is 10.8. The zero-order valence-electron chi connectivity index (χ0n) is 16.0. The van der Waals surface area contributed by atoms with E-state index in [1.165, 1.54) is 25.3 Å². The molecule has 29 heavy (non-hydrogen) atoms. The van der Waals surface area contributed by atoms with Crippen LogP contribution in [0.1, 0.15) is 24.1 Å². The third-order valence-electron chi connectivity index (χ3n) is 4.71. The number of phenols is 1. The maximum Gasteiger partial charge on any atom is 0.337 e. The van der Waals surface area contributed by atoms with Crippen molar-refractivity contribution in [2.24, 2.45) is 0 Å². The van der Waals surface area contributed by atoms with Gasteiger partial charge in [-0.2, -0.15) is 0 Å². The monoisotopic (exact) mass is 413 g/mol. The number of phenolic OH excluding ortho intramolecular Hbond substituents is 1. The Morgan fingerprint density at radius 2 is 1.90 bits per heavy atom. The number of carbonyl (C=O) groups excluding carboxylic acids is 1. The molecule has 3 rings (SSSR count). The van der Waals surface area contributed by atoms with E-state index >= 15 is 0 Å². The average Bonchev–Trinajstić information content (AvgIpc) is 2.68. The summed E-state index contributed by atoms with van der Waals surface area (Å²) in [4.78, 5) is 24.8. The van der Waals surface area contributed by atoms with E-state index in [4.69, 9.17) is 17.0 Å². The number of aryl methyl sites for hydroxylation is 1. The highest BCUT2D eigenvalue weighted by molar-refractivity contribution is 7.80. The maximum absolute atomic E-state index is 12.6. The maximum atomic E-state index is 12.6. The van der Waals surface area contributed by atoms with Crippen LogP contribution in [0.2, 0.25) is 0 Å². The number of hydrogen-bond acceptors (Lipinski definition) is 6. The van der Waals surface area contributed by atoms with Crippen molar-refractivity contribution in [1.82, 2.24) is 5.32 Å². The third kappa shape index (κ3) is 3.77. The number of ether oxygens (including phenoxy) is 1. The number of methoxy groups -OCH3 is 1. The van der Waals surface area contributed by atoms with E-state index in [-0.39, 0.29) is 5.57 Å². The van der Waals surface area contributed by atoms with Crippen LogP contribution < -0.4 is 10.2 Å². The van der Waals surface area contributed by atoms with Crippen molar-refractivity contribution in [3.05, 3.63) is 75.0 Å². The molecule has 0 amide bonds. The Balaban J connectivity index is 2.15. The van der Waals surface area contributed by atoms with Gasteiger partial charge in [-0.05, 0) is 49.8 Å². The van der Waals surface area contributed by atoms with Gasteiger partial charge in [0.15, 0.2) is 10.9 Å². The fraction of sp³-hybridized carbons (Fsp3) is 0.200. The molecule has 0 unspecified atom stereocenters. The average molecular weight is 413 g/mol. The normalized spacial score (nSPS) is 16.4. The number of carbonyl (C=O) groups is 1. The molecule has 0 spiro atoms. The lowest BCUT2D eigenvalue weighted by atomic mass is 9.94. The molecule has 0 aliphatic carbocycles. The number of aromatic hydroxyl groups is 1. The highest BCUT2D eigenvalue weighted by Gasteiger charge is 2.36. The molecule has 1 heterocycles. The zero-order valence-corrected chi connectivity index (χ0v) is 16.8. The number of nitro groups is 1. The van der Waals surface area contributed by atoms with E-state index in [1.807, 2.05) is 31.2 Å². The third-order valence-corrected chi connectivity index (χ3v) is 5.01. The fourth-order valence-corrected chi connectivity index (χ4v) is 3.60. The molecule has 1 aliphatic heterocycles. The Morgan fingerprint density at radius 3 is 2.48 bits per heavy atom. The number of esters is 1. The van der Waals surface area contributed by atoms with Crippen LogP contribution in [0.4, 0.5) is 11.4 Å². The van der Waals surface area contributed by atoms with Crippen LogP contribution in [0.15, 0.2) is 53.7 Å². The molecule has 0 fully saturated rings. The van der Waals surface area contributed by atoms with Gasteiger partial charge >= 0.3 is 11.7 Å². The van der Waals surface area contributed by atoms with Gasteiger partial charge in [-0.1, -0.05) is 23.8 Å². The predicted molar refractivity (Wildman–Crippen MR) is 112 cm³/mol. The Morgan fingerprint density at radius 1 is 1.24 bits per heavy atom. The van der Waals surface area contributed by atoms with Gasteiger partial charge in [0.05, 0.1) is 23.6 Å². The van der Waals surface area contributed by atoms with Crippen molar-refractivity contribution in [1.29, 1.82) is 0 Å². The van der Waals surface area contributed by atoms with Crippen molar-refractivity contribution < 1.29 is 19.6 Å². The molecule has 8 nitrogen and oxygen atoms in total. The predicted octanol–water partition coefficient (Wildman–Crippen LogP) is 3.49. The molecule has 1 aliphatic rings. The van der Waals surface area contributed by atoms with E-state index < -0.39 is 28.4 Å². The van der Waals surface area contributed by atoms with Crippen LogP contribution in [-0.2, 0) is 9.53 Å². The second kappa shape index (κ2) is 7.88. The number of thiocarbonyl (C=S) groups is 1. The highest BCUT2D eigenvalue weighted by atomic mass is 32.1. The van der Waals surface area contributed by atoms with Gasteiger partial charge in [0.25, 0.3) is 0 Å². The summed E-state index contributed by atoms with van der Waals surface area (Å²) >= 11 is 5.53. The Hall–Kier alpha value is -3.46. The van der Waals surface area contributed by atoms with Crippen molar-refractivity contribution in [2.75, 3.05) is 12.0 Å². The van der Waals surface area contributed by atoms with Gasteiger partial charge < -0.3 is 15.2 Å². The number of nitrogens with zero attached hydrogens (tertiary/aromatic N) is 2. The molecule has 0 aromatic heterocycles. The Bertz CT molecular complexity index is 1030. The van der Waals surface area contributed by atoms with E-state index in [2.05, 4.69) is 5.32 Å². The first kappa shape index (κ1) is 20.3. The minimum atomic E-state index is -0.768. The second-order valence-electron chi connectivity index (χ2n) is 6.55. The lowest BCUT2D eigenvalue weighted by molar-refractivity contribution is -0.385. The van der Waals surface area contributed by atoms with Crippen molar-refractivity contribution in [3.63, 3.8) is 0 Å². The molecule has 2 N–H and O–H groups in total. The van der Waals surface area contributed by atoms with Gasteiger partial charge in [-0.15, -0.1) is 0 Å². The first-order valence-electron chi connectivity index (χ1n) is 8.68. The largest absolute Gasteiger partial charge is 0.502 e. The quantitative estimate of drug-likeness (QED) is 0.340. The van der Waals surface area contributed by atoms with Gasteiger partial charge in [0.2, 0.25) is 0 Å². The van der Waals surface area contributed by atoms with Crippen molar-refractivity contribution in [3.8, 4) is 5.75 Å². The fourth-order valence-electron chi connectivity index (χ4n) is 3.24. The van der Waals surface area contributed by atoms with E-state index in [1.54, 1.807) is 11.8 Å². The summed E-state index contributed by atoms with van der Waals surface area (Å²) in [5, 5.41) is 24.4. The van der Waals surface area contributed by atoms with Crippen LogP contribution >= 0.6 is 12.2 Å². The minimum Gasteiger partial charge on any atom is -0.502 e. The SMILES string of the molecule is COC(=O)C1=C(C)N(c2ccc(C)cc2)C(=S)N[C@@H]1c1ccc(O)c([N+](=O)[O-])c1. The van der Waals surface area contributed by atoms with Gasteiger partial charge in [0, 0.05) is 17.5 Å². The number of hydrogen-bond donors (Lipinski definition) is 2. The zero-order chi connectivity index (χ0) is 21.3. The molecule has 2 aromatic rings. The first-order valence-corrected chi connectivity index (χ1v) is 9.09. The molecule has 0 saturated carbocycles. The van der Waals surface area contributed by atoms with E-state index in [9.17, 15) is 20.0 Å². The summed E-state index contributed by atoms with van der Waals surface area (Å²) in [7, 11) is 1.27. The molecular formula is C20H19N3O5S. The Kier molecular flexibility index (Phi) is 5.51. The van der Waals surface area contributed by atoms with Crippen LogP contribution in [0.25, 0.3) is 0 Å². The summed E-state index contributed by atoms with van der Waals surface area (Å²) < 4.78 is 4.96. The number of allylic oxidation sites excluding steroid dienone is 1. The van der Waals surface area contributed by atoms with Crippen LogP contribution in [0, 0.1) is 17.0 Å². The van der Waals surface area contributed by atoms with Gasteiger partial charge in [-0.25, -0.2) is 4.79 Å². The highest BCUT2D eigenvalue weighted by Crippen LogP contribution is 2.37. The number of anilines is 1.